The Morgan fingerprint density at radius 2 is 0.733 bits per heavy atom. The van der Waals surface area contributed by atoms with E-state index in [4.69, 9.17) is 24.3 Å². The van der Waals surface area contributed by atoms with E-state index in [0.717, 1.165) is 128 Å². The maximum atomic E-state index is 12.7. The Labute approximate surface area is 459 Å². The van der Waals surface area contributed by atoms with Crippen LogP contribution in [0.3, 0.4) is 0 Å². The average Bonchev–Trinajstić information content (AvgIpc) is 3.40. The van der Waals surface area contributed by atoms with Gasteiger partial charge in [-0.2, -0.15) is 0 Å². The molecule has 0 spiro atoms. The lowest BCUT2D eigenvalue weighted by molar-refractivity contribution is -0.161. The Kier molecular flexibility index (Phi) is 56.3. The van der Waals surface area contributed by atoms with Gasteiger partial charge in [0.05, 0.1) is 13.2 Å². The fourth-order valence-electron chi connectivity index (χ4n) is 7.66. The molecule has 3 N–H and O–H groups in total. The second kappa shape index (κ2) is 59.4. The number of hydrogen-bond donors (Lipinski definition) is 2. The van der Waals surface area contributed by atoms with Crippen LogP contribution < -0.4 is 5.73 Å². The maximum Gasteiger partial charge on any atom is 0.472 e. The SMILES string of the molecule is CC/C=C\C/C=C\C/C=C\C/C=C\C/C=C\C/C=C\C/C=C\C/C=C\C/C=C\C/C=C\CCCCCCCCCCCCC(=O)OC(COC(=O)CCCCCCC/C=C\CCCCCC)COP(=O)(O)OCCN. The highest BCUT2D eigenvalue weighted by Gasteiger charge is 2.26. The third kappa shape index (κ3) is 59.3. The van der Waals surface area contributed by atoms with Crippen LogP contribution in [0.25, 0.3) is 0 Å². The molecule has 0 aliphatic rings. The summed E-state index contributed by atoms with van der Waals surface area (Å²) in [4.78, 5) is 35.1. The van der Waals surface area contributed by atoms with Gasteiger partial charge in [0.1, 0.15) is 6.61 Å². The quantitative estimate of drug-likeness (QED) is 0.0264. The summed E-state index contributed by atoms with van der Waals surface area (Å²) in [6, 6.07) is 0. The first-order chi connectivity index (χ1) is 36.8. The van der Waals surface area contributed by atoms with Crippen LogP contribution in [0.2, 0.25) is 0 Å². The zero-order valence-corrected chi connectivity index (χ0v) is 48.4. The number of phosphoric acid groups is 1. The molecule has 10 heteroatoms. The number of unbranched alkanes of at least 4 members (excludes halogenated alkanes) is 19. The fraction of sp³-hybridized carbons (Fsp3) is 0.631. The molecule has 2 atom stereocenters. The van der Waals surface area contributed by atoms with Gasteiger partial charge >= 0.3 is 19.8 Å². The minimum Gasteiger partial charge on any atom is -0.462 e. The predicted octanol–water partition coefficient (Wildman–Crippen LogP) is 19.0. The molecule has 0 aromatic rings. The number of hydrogen-bond acceptors (Lipinski definition) is 8. The van der Waals surface area contributed by atoms with E-state index in [1.807, 2.05) is 0 Å². The average molecular weight is 1060 g/mol. The van der Waals surface area contributed by atoms with Crippen molar-refractivity contribution in [2.24, 2.45) is 5.73 Å². The zero-order valence-electron chi connectivity index (χ0n) is 47.5. The lowest BCUT2D eigenvalue weighted by Gasteiger charge is -2.19. The molecule has 9 nitrogen and oxygen atoms in total. The number of rotatable bonds is 54. The van der Waals surface area contributed by atoms with Crippen molar-refractivity contribution in [2.45, 2.75) is 238 Å². The molecular weight excluding hydrogens is 954 g/mol. The maximum absolute atomic E-state index is 12.7. The number of nitrogens with two attached hydrogens (primary N) is 1. The van der Waals surface area contributed by atoms with Crippen molar-refractivity contribution in [3.8, 4) is 0 Å². The van der Waals surface area contributed by atoms with E-state index in [1.54, 1.807) is 0 Å². The molecule has 2 unspecified atom stereocenters. The van der Waals surface area contributed by atoms with E-state index in [0.29, 0.717) is 6.42 Å². The zero-order chi connectivity index (χ0) is 54.5. The van der Waals surface area contributed by atoms with E-state index in [1.165, 1.54) is 70.6 Å². The standard InChI is InChI=1S/C65H108NO8P/c1-3-5-7-9-11-13-15-17-18-19-20-21-22-23-24-25-26-27-28-29-30-31-32-33-34-35-36-37-38-39-40-41-42-43-44-46-48-50-52-54-56-58-65(68)74-63(62-73-75(69,70)72-60-59-66)61-71-64(67)57-55-53-51-49-47-45-16-14-12-10-8-6-4-2/h5,7,11,13-14,16-18,20-21,23-24,26-27,29-30,32-33,35-36,38-39,63H,3-4,6,8-10,12,15,19,22,25,28,31,34,37,40-62,66H2,1-2H3,(H,69,70)/b7-5-,13-11-,16-14-,18-17-,21-20-,24-23-,27-26-,30-29-,33-32-,36-35-,39-38-. The third-order valence-corrected chi connectivity index (χ3v) is 13.0. The van der Waals surface area contributed by atoms with Crippen LogP contribution in [0.4, 0.5) is 0 Å². The van der Waals surface area contributed by atoms with Gasteiger partial charge < -0.3 is 20.1 Å². The molecule has 0 saturated heterocycles. The number of carbonyl (C=O) groups excluding carboxylic acids is 2. The second-order valence-corrected chi connectivity index (χ2v) is 20.6. The number of phosphoric ester groups is 1. The summed E-state index contributed by atoms with van der Waals surface area (Å²) in [5.74, 6) is -0.850. The molecule has 426 valence electrons. The molecular formula is C65H108NO8P. The molecule has 0 amide bonds. The smallest absolute Gasteiger partial charge is 0.462 e. The number of ether oxygens (including phenoxy) is 2. The molecule has 0 aliphatic heterocycles. The Hall–Kier alpha value is -3.85. The van der Waals surface area contributed by atoms with Gasteiger partial charge in [0.25, 0.3) is 0 Å². The van der Waals surface area contributed by atoms with Crippen molar-refractivity contribution in [1.29, 1.82) is 0 Å². The van der Waals surface area contributed by atoms with Gasteiger partial charge in [0.2, 0.25) is 0 Å². The van der Waals surface area contributed by atoms with Gasteiger partial charge in [0, 0.05) is 19.4 Å². The predicted molar refractivity (Wildman–Crippen MR) is 320 cm³/mol. The number of carbonyl (C=O) groups is 2. The van der Waals surface area contributed by atoms with Crippen molar-refractivity contribution in [2.75, 3.05) is 26.4 Å². The van der Waals surface area contributed by atoms with Crippen LogP contribution in [0.5, 0.6) is 0 Å². The van der Waals surface area contributed by atoms with Gasteiger partial charge in [-0.1, -0.05) is 237 Å². The molecule has 0 aromatic carbocycles. The first-order valence-electron chi connectivity index (χ1n) is 29.7. The summed E-state index contributed by atoms with van der Waals surface area (Å²) >= 11 is 0. The largest absolute Gasteiger partial charge is 0.472 e. The Morgan fingerprint density at radius 1 is 0.413 bits per heavy atom. The lowest BCUT2D eigenvalue weighted by Crippen LogP contribution is -2.29. The number of allylic oxidation sites excluding steroid dienone is 22. The summed E-state index contributed by atoms with van der Waals surface area (Å²) in [6.45, 7) is 3.58. The summed E-state index contributed by atoms with van der Waals surface area (Å²) in [5, 5.41) is 0. The first kappa shape index (κ1) is 71.2. The van der Waals surface area contributed by atoms with Gasteiger partial charge in [-0.05, 0) is 116 Å². The minimum absolute atomic E-state index is 0.0462. The molecule has 0 heterocycles. The van der Waals surface area contributed by atoms with Crippen LogP contribution >= 0.6 is 7.82 Å². The van der Waals surface area contributed by atoms with E-state index < -0.39 is 32.5 Å². The van der Waals surface area contributed by atoms with E-state index >= 15 is 0 Å². The van der Waals surface area contributed by atoms with Crippen molar-refractivity contribution in [1.82, 2.24) is 0 Å². The van der Waals surface area contributed by atoms with Crippen molar-refractivity contribution < 1.29 is 37.6 Å². The van der Waals surface area contributed by atoms with Gasteiger partial charge in [-0.3, -0.25) is 18.6 Å². The van der Waals surface area contributed by atoms with Gasteiger partial charge in [-0.25, -0.2) is 4.57 Å². The highest BCUT2D eigenvalue weighted by atomic mass is 31.2. The molecule has 0 bridgehead atoms. The molecule has 0 saturated carbocycles. The minimum atomic E-state index is -4.39. The second-order valence-electron chi connectivity index (χ2n) is 19.1. The molecule has 0 rings (SSSR count). The monoisotopic (exact) mass is 1060 g/mol. The van der Waals surface area contributed by atoms with Crippen molar-refractivity contribution in [3.63, 3.8) is 0 Å². The summed E-state index contributed by atoms with van der Waals surface area (Å²) in [5.41, 5.74) is 5.37. The van der Waals surface area contributed by atoms with Crippen LogP contribution in [-0.4, -0.2) is 49.3 Å². The molecule has 0 aromatic heterocycles. The van der Waals surface area contributed by atoms with Crippen LogP contribution in [-0.2, 0) is 32.7 Å². The van der Waals surface area contributed by atoms with Gasteiger partial charge in [0.15, 0.2) is 6.10 Å². The number of esters is 2. The highest BCUT2D eigenvalue weighted by Crippen LogP contribution is 2.43. The van der Waals surface area contributed by atoms with Crippen LogP contribution in [0.1, 0.15) is 232 Å². The van der Waals surface area contributed by atoms with Gasteiger partial charge in [-0.15, -0.1) is 0 Å². The summed E-state index contributed by atoms with van der Waals surface area (Å²) in [7, 11) is -4.39. The topological polar surface area (TPSA) is 134 Å². The van der Waals surface area contributed by atoms with E-state index in [2.05, 4.69) is 148 Å². The lowest BCUT2D eigenvalue weighted by atomic mass is 10.0. The van der Waals surface area contributed by atoms with Crippen LogP contribution in [0.15, 0.2) is 134 Å². The summed E-state index contributed by atoms with van der Waals surface area (Å²) < 4.78 is 32.9. The highest BCUT2D eigenvalue weighted by molar-refractivity contribution is 7.47. The van der Waals surface area contributed by atoms with Crippen molar-refractivity contribution in [3.05, 3.63) is 134 Å². The molecule has 0 radical (unpaired) electrons. The van der Waals surface area contributed by atoms with Crippen LogP contribution in [0, 0.1) is 0 Å². The molecule has 0 fully saturated rings. The third-order valence-electron chi connectivity index (χ3n) is 12.0. The molecule has 0 aliphatic carbocycles. The fourth-order valence-corrected chi connectivity index (χ4v) is 8.42. The Bertz CT molecular complexity index is 1680. The summed E-state index contributed by atoms with van der Waals surface area (Å²) in [6.07, 6.45) is 83.8. The Balaban J connectivity index is 3.95. The van der Waals surface area contributed by atoms with Crippen molar-refractivity contribution >= 4 is 19.8 Å². The Morgan fingerprint density at radius 3 is 1.11 bits per heavy atom. The normalized spacial score (nSPS) is 14.0. The van der Waals surface area contributed by atoms with E-state index in [9.17, 15) is 19.0 Å². The molecule has 75 heavy (non-hydrogen) atoms. The van der Waals surface area contributed by atoms with E-state index in [-0.39, 0.29) is 32.6 Å². The first-order valence-corrected chi connectivity index (χ1v) is 31.2.